The molecular weight excluding hydrogens is 284 g/mol. The molecule has 116 valence electrons. The lowest BCUT2D eigenvalue weighted by molar-refractivity contribution is -0.130. The van der Waals surface area contributed by atoms with Crippen molar-refractivity contribution in [2.45, 2.75) is 6.42 Å². The number of carbonyl (C=O) groups excluding carboxylic acids is 3. The van der Waals surface area contributed by atoms with Crippen LogP contribution >= 0.6 is 0 Å². The molecule has 0 saturated carbocycles. The minimum atomic E-state index is -0.387. The fourth-order valence-electron chi connectivity index (χ4n) is 3.05. The Morgan fingerprint density at radius 3 is 2.45 bits per heavy atom. The summed E-state index contributed by atoms with van der Waals surface area (Å²) < 4.78 is 5.11. The number of amides is 3. The second-order valence-electron chi connectivity index (χ2n) is 5.69. The molecule has 1 saturated heterocycles. The number of hydrogen-bond donors (Lipinski definition) is 0. The average molecular weight is 302 g/mol. The summed E-state index contributed by atoms with van der Waals surface area (Å²) >= 11 is 0. The lowest BCUT2D eigenvalue weighted by Crippen LogP contribution is -2.42. The highest BCUT2D eigenvalue weighted by Gasteiger charge is 2.37. The number of rotatable bonds is 4. The van der Waals surface area contributed by atoms with Crippen LogP contribution in [0, 0.1) is 5.92 Å². The van der Waals surface area contributed by atoms with Crippen LogP contribution in [-0.2, 0) is 9.53 Å². The highest BCUT2D eigenvalue weighted by molar-refractivity contribution is 6.22. The van der Waals surface area contributed by atoms with Gasteiger partial charge in [0.25, 0.3) is 11.8 Å². The van der Waals surface area contributed by atoms with Crippen molar-refractivity contribution in [2.24, 2.45) is 5.92 Å². The molecule has 0 N–H and O–H groups in total. The average Bonchev–Trinajstić information content (AvgIpc) is 3.08. The fraction of sp³-hybridized carbons (Fsp3) is 0.438. The molecular formula is C16H18N2O4. The maximum absolute atomic E-state index is 12.3. The summed E-state index contributed by atoms with van der Waals surface area (Å²) in [4.78, 5) is 39.5. The maximum atomic E-state index is 12.3. The standard InChI is InChI=1S/C16H18N2O4/c1-22-10-11-6-7-17(8-11)14(19)9-18-15(20)12-4-2-3-5-13(12)16(18)21/h2-5,11H,6-10H2,1H3. The number of carbonyl (C=O) groups is 3. The molecule has 1 unspecified atom stereocenters. The molecule has 0 aromatic heterocycles. The van der Waals surface area contributed by atoms with Crippen LogP contribution in [-0.4, -0.2) is 60.9 Å². The molecule has 6 heteroatoms. The van der Waals surface area contributed by atoms with Crippen molar-refractivity contribution >= 4 is 17.7 Å². The predicted molar refractivity (Wildman–Crippen MR) is 78.4 cm³/mol. The van der Waals surface area contributed by atoms with Crippen LogP contribution in [0.15, 0.2) is 24.3 Å². The molecule has 2 aliphatic rings. The normalized spacial score (nSPS) is 20.7. The van der Waals surface area contributed by atoms with Crippen molar-refractivity contribution in [3.63, 3.8) is 0 Å². The third-order valence-electron chi connectivity index (χ3n) is 4.21. The Morgan fingerprint density at radius 2 is 1.86 bits per heavy atom. The molecule has 0 spiro atoms. The highest BCUT2D eigenvalue weighted by atomic mass is 16.5. The Labute approximate surface area is 128 Å². The molecule has 1 aromatic rings. The molecule has 0 aliphatic carbocycles. The molecule has 22 heavy (non-hydrogen) atoms. The number of likely N-dealkylation sites (tertiary alicyclic amines) is 1. The van der Waals surface area contributed by atoms with Crippen LogP contribution in [0.2, 0.25) is 0 Å². The molecule has 3 amide bonds. The van der Waals surface area contributed by atoms with Crippen molar-refractivity contribution in [3.05, 3.63) is 35.4 Å². The van der Waals surface area contributed by atoms with Gasteiger partial charge in [-0.2, -0.15) is 0 Å². The maximum Gasteiger partial charge on any atom is 0.262 e. The molecule has 1 aromatic carbocycles. The Bertz CT molecular complexity index is 593. The number of fused-ring (bicyclic) bond motifs is 1. The van der Waals surface area contributed by atoms with Gasteiger partial charge >= 0.3 is 0 Å². The van der Waals surface area contributed by atoms with E-state index < -0.39 is 0 Å². The Kier molecular flexibility index (Phi) is 3.94. The summed E-state index contributed by atoms with van der Waals surface area (Å²) in [6, 6.07) is 6.66. The third-order valence-corrected chi connectivity index (χ3v) is 4.21. The van der Waals surface area contributed by atoms with Gasteiger partial charge in [-0.1, -0.05) is 12.1 Å². The Balaban J connectivity index is 1.66. The smallest absolute Gasteiger partial charge is 0.262 e. The number of hydrogen-bond acceptors (Lipinski definition) is 4. The highest BCUT2D eigenvalue weighted by Crippen LogP contribution is 2.23. The minimum Gasteiger partial charge on any atom is -0.384 e. The predicted octanol–water partition coefficient (Wildman–Crippen LogP) is 0.777. The van der Waals surface area contributed by atoms with Gasteiger partial charge in [-0.05, 0) is 18.6 Å². The van der Waals surface area contributed by atoms with E-state index in [1.54, 1.807) is 36.3 Å². The fourth-order valence-corrected chi connectivity index (χ4v) is 3.05. The molecule has 0 radical (unpaired) electrons. The van der Waals surface area contributed by atoms with E-state index in [2.05, 4.69) is 0 Å². The summed E-state index contributed by atoms with van der Waals surface area (Å²) in [6.45, 7) is 1.70. The van der Waals surface area contributed by atoms with E-state index in [0.29, 0.717) is 36.7 Å². The van der Waals surface area contributed by atoms with Gasteiger partial charge < -0.3 is 9.64 Å². The van der Waals surface area contributed by atoms with E-state index in [0.717, 1.165) is 11.3 Å². The zero-order valence-electron chi connectivity index (χ0n) is 12.4. The summed E-state index contributed by atoms with van der Waals surface area (Å²) in [5.74, 6) is -0.632. The van der Waals surface area contributed by atoms with Gasteiger partial charge in [0.15, 0.2) is 0 Å². The van der Waals surface area contributed by atoms with Gasteiger partial charge in [0, 0.05) is 26.1 Å². The molecule has 0 bridgehead atoms. The van der Waals surface area contributed by atoms with E-state index in [1.165, 1.54) is 0 Å². The van der Waals surface area contributed by atoms with Crippen LogP contribution in [0.3, 0.4) is 0 Å². The SMILES string of the molecule is COCC1CCN(C(=O)CN2C(=O)c3ccccc3C2=O)C1. The molecule has 3 rings (SSSR count). The number of nitrogens with zero attached hydrogens (tertiary/aromatic N) is 2. The van der Waals surface area contributed by atoms with E-state index in [1.807, 2.05) is 0 Å². The van der Waals surface area contributed by atoms with Crippen LogP contribution in [0.5, 0.6) is 0 Å². The van der Waals surface area contributed by atoms with Gasteiger partial charge in [-0.3, -0.25) is 19.3 Å². The molecule has 1 atom stereocenters. The molecule has 1 fully saturated rings. The summed E-state index contributed by atoms with van der Waals surface area (Å²) in [6.07, 6.45) is 0.891. The van der Waals surface area contributed by atoms with Crippen LogP contribution in [0.1, 0.15) is 27.1 Å². The van der Waals surface area contributed by atoms with Crippen molar-refractivity contribution in [2.75, 3.05) is 33.4 Å². The van der Waals surface area contributed by atoms with Crippen LogP contribution in [0.25, 0.3) is 0 Å². The first-order valence-electron chi connectivity index (χ1n) is 7.33. The molecule has 6 nitrogen and oxygen atoms in total. The monoisotopic (exact) mass is 302 g/mol. The topological polar surface area (TPSA) is 66.9 Å². The lowest BCUT2D eigenvalue weighted by Gasteiger charge is -2.20. The zero-order valence-corrected chi connectivity index (χ0v) is 12.4. The number of imide groups is 1. The largest absolute Gasteiger partial charge is 0.384 e. The number of benzene rings is 1. The number of methoxy groups -OCH3 is 1. The summed E-state index contributed by atoms with van der Waals surface area (Å²) in [5, 5.41) is 0. The van der Waals surface area contributed by atoms with Gasteiger partial charge in [0.1, 0.15) is 6.54 Å². The first-order valence-corrected chi connectivity index (χ1v) is 7.33. The second-order valence-corrected chi connectivity index (χ2v) is 5.69. The van der Waals surface area contributed by atoms with Crippen molar-refractivity contribution in [1.82, 2.24) is 9.80 Å². The first-order chi connectivity index (χ1) is 10.6. The van der Waals surface area contributed by atoms with Crippen LogP contribution < -0.4 is 0 Å². The van der Waals surface area contributed by atoms with Gasteiger partial charge in [-0.15, -0.1) is 0 Å². The van der Waals surface area contributed by atoms with E-state index >= 15 is 0 Å². The van der Waals surface area contributed by atoms with E-state index in [9.17, 15) is 14.4 Å². The van der Waals surface area contributed by atoms with Gasteiger partial charge in [-0.25, -0.2) is 0 Å². The van der Waals surface area contributed by atoms with Crippen molar-refractivity contribution < 1.29 is 19.1 Å². The van der Waals surface area contributed by atoms with E-state index in [4.69, 9.17) is 4.74 Å². The zero-order chi connectivity index (χ0) is 15.7. The lowest BCUT2D eigenvalue weighted by atomic mass is 10.1. The Hall–Kier alpha value is -2.21. The van der Waals surface area contributed by atoms with Crippen LogP contribution in [0.4, 0.5) is 0 Å². The van der Waals surface area contributed by atoms with Gasteiger partial charge in [0.05, 0.1) is 17.7 Å². The van der Waals surface area contributed by atoms with Crippen molar-refractivity contribution in [3.8, 4) is 0 Å². The third kappa shape index (κ3) is 2.50. The molecule has 2 aliphatic heterocycles. The Morgan fingerprint density at radius 1 is 1.23 bits per heavy atom. The minimum absolute atomic E-state index is 0.187. The quantitative estimate of drug-likeness (QED) is 0.771. The summed E-state index contributed by atoms with van der Waals surface area (Å²) in [7, 11) is 1.64. The number of ether oxygens (including phenoxy) is 1. The molecule has 2 heterocycles. The van der Waals surface area contributed by atoms with Gasteiger partial charge in [0.2, 0.25) is 5.91 Å². The summed E-state index contributed by atoms with van der Waals surface area (Å²) in [5.41, 5.74) is 0.748. The van der Waals surface area contributed by atoms with Crippen molar-refractivity contribution in [1.29, 1.82) is 0 Å². The first kappa shape index (κ1) is 14.7. The van der Waals surface area contributed by atoms with E-state index in [-0.39, 0.29) is 24.3 Å². The second kappa shape index (κ2) is 5.88.